The van der Waals surface area contributed by atoms with Crippen LogP contribution in [0.5, 0.6) is 0 Å². The van der Waals surface area contributed by atoms with E-state index in [2.05, 4.69) is 20.6 Å². The maximum atomic E-state index is 12.1. The molecule has 0 fully saturated rings. The first-order chi connectivity index (χ1) is 7.03. The maximum Gasteiger partial charge on any atom is 0.508 e. The Labute approximate surface area is 106 Å². The van der Waals surface area contributed by atoms with Gasteiger partial charge in [-0.25, -0.2) is 0 Å². The van der Waals surface area contributed by atoms with Crippen LogP contribution in [0.25, 0.3) is 0 Å². The Morgan fingerprint density at radius 2 is 1.65 bits per heavy atom. The maximum absolute atomic E-state index is 12.1. The standard InChI is InChI=1S/C9H9BBrF3O.2H2O/c11-7-6-10(15-9(12,13)14)8-4-2-1-3-5-8;;/h1-5H,6-7H2;2*1H2. The highest BCUT2D eigenvalue weighted by Gasteiger charge is 2.35. The first kappa shape index (κ1) is 18.8. The lowest BCUT2D eigenvalue weighted by Gasteiger charge is -2.15. The van der Waals surface area contributed by atoms with Gasteiger partial charge in [-0.2, -0.15) is 0 Å². The molecule has 3 nitrogen and oxygen atoms in total. The molecule has 0 spiro atoms. The fourth-order valence-corrected chi connectivity index (χ4v) is 1.64. The minimum atomic E-state index is -4.59. The molecule has 17 heavy (non-hydrogen) atoms. The van der Waals surface area contributed by atoms with Gasteiger partial charge < -0.3 is 15.6 Å². The molecule has 98 valence electrons. The van der Waals surface area contributed by atoms with Gasteiger partial charge in [0.25, 0.3) is 0 Å². The summed E-state index contributed by atoms with van der Waals surface area (Å²) in [6, 6.07) is 8.38. The molecular formula is C9H13BBrF3O3. The average Bonchev–Trinajstić information content (AvgIpc) is 2.17. The smallest absolute Gasteiger partial charge is 0.412 e. The van der Waals surface area contributed by atoms with Crippen LogP contribution in [0.4, 0.5) is 13.2 Å². The van der Waals surface area contributed by atoms with Gasteiger partial charge in [0, 0.05) is 0 Å². The minimum absolute atomic E-state index is 0. The predicted octanol–water partition coefficient (Wildman–Crippen LogP) is 1.17. The number of benzene rings is 1. The van der Waals surface area contributed by atoms with Gasteiger partial charge in [0.15, 0.2) is 0 Å². The molecule has 0 aromatic heterocycles. The molecule has 0 unspecified atom stereocenters. The molecule has 0 aliphatic heterocycles. The second-order valence-corrected chi connectivity index (χ2v) is 3.73. The van der Waals surface area contributed by atoms with E-state index in [9.17, 15) is 13.2 Å². The van der Waals surface area contributed by atoms with Crippen LogP contribution < -0.4 is 5.46 Å². The van der Waals surface area contributed by atoms with Crippen molar-refractivity contribution in [2.75, 3.05) is 5.33 Å². The van der Waals surface area contributed by atoms with E-state index < -0.39 is 13.3 Å². The van der Waals surface area contributed by atoms with Crippen LogP contribution in [-0.2, 0) is 4.65 Å². The molecular weight excluding hydrogens is 304 g/mol. The summed E-state index contributed by atoms with van der Waals surface area (Å²) in [5, 5.41) is 0.461. The van der Waals surface area contributed by atoms with Crippen LogP contribution in [0, 0.1) is 0 Å². The van der Waals surface area contributed by atoms with Gasteiger partial charge in [-0.1, -0.05) is 46.3 Å². The van der Waals surface area contributed by atoms with Gasteiger partial charge in [-0.3, -0.25) is 0 Å². The van der Waals surface area contributed by atoms with Crippen molar-refractivity contribution in [3.05, 3.63) is 30.3 Å². The fraction of sp³-hybridized carbons (Fsp3) is 0.333. The van der Waals surface area contributed by atoms with Gasteiger partial charge >= 0.3 is 13.3 Å². The van der Waals surface area contributed by atoms with Crippen LogP contribution >= 0.6 is 15.9 Å². The lowest BCUT2D eigenvalue weighted by atomic mass is 9.59. The molecule has 0 heterocycles. The lowest BCUT2D eigenvalue weighted by Crippen LogP contribution is -2.38. The molecule has 8 heteroatoms. The van der Waals surface area contributed by atoms with Crippen molar-refractivity contribution in [1.29, 1.82) is 0 Å². The van der Waals surface area contributed by atoms with E-state index in [0.717, 1.165) is 0 Å². The van der Waals surface area contributed by atoms with Crippen LogP contribution in [-0.4, -0.2) is 29.6 Å². The SMILES string of the molecule is FC(F)(F)OB(CCBr)c1ccccc1.O.O. The van der Waals surface area contributed by atoms with E-state index in [-0.39, 0.29) is 17.3 Å². The van der Waals surface area contributed by atoms with Crippen LogP contribution in [0.3, 0.4) is 0 Å². The molecule has 0 radical (unpaired) electrons. The van der Waals surface area contributed by atoms with Crippen molar-refractivity contribution in [3.63, 3.8) is 0 Å². The number of hydrogen-bond acceptors (Lipinski definition) is 1. The molecule has 1 rings (SSSR count). The highest BCUT2D eigenvalue weighted by molar-refractivity contribution is 9.09. The van der Waals surface area contributed by atoms with E-state index >= 15 is 0 Å². The van der Waals surface area contributed by atoms with E-state index in [1.165, 1.54) is 0 Å². The first-order valence-corrected chi connectivity index (χ1v) is 5.50. The Bertz CT molecular complexity index is 297. The van der Waals surface area contributed by atoms with Crippen LogP contribution in [0.15, 0.2) is 30.3 Å². The number of halogens is 4. The average molecular weight is 317 g/mol. The third-order valence-electron chi connectivity index (χ3n) is 1.82. The lowest BCUT2D eigenvalue weighted by molar-refractivity contribution is -0.277. The third kappa shape index (κ3) is 7.38. The Balaban J connectivity index is 0. The predicted molar refractivity (Wildman–Crippen MR) is 64.8 cm³/mol. The molecule has 0 aliphatic rings. The number of alkyl halides is 4. The van der Waals surface area contributed by atoms with Crippen LogP contribution in [0.1, 0.15) is 0 Å². The summed E-state index contributed by atoms with van der Waals surface area (Å²) in [5.74, 6) is 0. The highest BCUT2D eigenvalue weighted by atomic mass is 79.9. The van der Waals surface area contributed by atoms with Gasteiger partial charge in [0.2, 0.25) is 0 Å². The topological polar surface area (TPSA) is 72.2 Å². The second kappa shape index (κ2) is 8.51. The van der Waals surface area contributed by atoms with Crippen molar-refractivity contribution < 1.29 is 28.8 Å². The summed E-state index contributed by atoms with van der Waals surface area (Å²) in [5.41, 5.74) is 0.536. The zero-order valence-corrected chi connectivity index (χ0v) is 10.4. The summed E-state index contributed by atoms with van der Waals surface area (Å²) in [7, 11) is 0. The number of rotatable bonds is 4. The zero-order chi connectivity index (χ0) is 11.3. The molecule has 1 aromatic rings. The highest BCUT2D eigenvalue weighted by Crippen LogP contribution is 2.19. The molecule has 0 bridgehead atoms. The Kier molecular flexibility index (Phi) is 9.41. The Morgan fingerprint density at radius 3 is 2.06 bits per heavy atom. The molecule has 4 N–H and O–H groups in total. The fourth-order valence-electron chi connectivity index (χ4n) is 1.22. The monoisotopic (exact) mass is 316 g/mol. The molecule has 0 amide bonds. The minimum Gasteiger partial charge on any atom is -0.412 e. The van der Waals surface area contributed by atoms with Gasteiger partial charge in [0.05, 0.1) is 0 Å². The van der Waals surface area contributed by atoms with Crippen molar-refractivity contribution in [2.45, 2.75) is 12.7 Å². The van der Waals surface area contributed by atoms with Gasteiger partial charge in [-0.15, -0.1) is 13.2 Å². The van der Waals surface area contributed by atoms with E-state index in [0.29, 0.717) is 10.8 Å². The van der Waals surface area contributed by atoms with Crippen molar-refractivity contribution in [1.82, 2.24) is 0 Å². The van der Waals surface area contributed by atoms with Gasteiger partial charge in [-0.05, 0) is 17.1 Å². The van der Waals surface area contributed by atoms with E-state index in [1.807, 2.05) is 0 Å². The van der Waals surface area contributed by atoms with Crippen molar-refractivity contribution in [2.24, 2.45) is 0 Å². The molecule has 1 aromatic carbocycles. The van der Waals surface area contributed by atoms with Crippen molar-refractivity contribution >= 4 is 28.3 Å². The zero-order valence-electron chi connectivity index (χ0n) is 8.80. The third-order valence-corrected chi connectivity index (χ3v) is 2.28. The molecule has 0 saturated heterocycles. The van der Waals surface area contributed by atoms with Crippen LogP contribution in [0.2, 0.25) is 6.32 Å². The Morgan fingerprint density at radius 1 is 1.12 bits per heavy atom. The summed E-state index contributed by atoms with van der Waals surface area (Å²) >= 11 is 3.11. The number of hydrogen-bond donors (Lipinski definition) is 0. The largest absolute Gasteiger partial charge is 0.508 e. The second-order valence-electron chi connectivity index (χ2n) is 2.94. The summed E-state index contributed by atoms with van der Waals surface area (Å²) in [6.07, 6.45) is -4.31. The van der Waals surface area contributed by atoms with E-state index in [1.54, 1.807) is 30.3 Å². The summed E-state index contributed by atoms with van der Waals surface area (Å²) in [4.78, 5) is 0. The van der Waals surface area contributed by atoms with E-state index in [4.69, 9.17) is 0 Å². The molecule has 0 atom stereocenters. The molecule has 0 aliphatic carbocycles. The summed E-state index contributed by atoms with van der Waals surface area (Å²) in [6.45, 7) is -0.939. The summed E-state index contributed by atoms with van der Waals surface area (Å²) < 4.78 is 40.3. The Hall–Kier alpha value is -0.565. The van der Waals surface area contributed by atoms with Crippen molar-refractivity contribution in [3.8, 4) is 0 Å². The van der Waals surface area contributed by atoms with Gasteiger partial charge in [0.1, 0.15) is 0 Å². The quantitative estimate of drug-likeness (QED) is 0.607. The first-order valence-electron chi connectivity index (χ1n) is 4.38. The normalized spacial score (nSPS) is 10.1. The molecule has 0 saturated carbocycles.